The molecule has 7 heteroatoms. The van der Waals surface area contributed by atoms with Crippen LogP contribution in [0.2, 0.25) is 0 Å². The number of carbonyl (C=O) groups is 1. The molecule has 0 atom stereocenters. The predicted octanol–water partition coefficient (Wildman–Crippen LogP) is 4.49. The number of aromatic nitrogens is 4. The zero-order valence-electron chi connectivity index (χ0n) is 20.3. The van der Waals surface area contributed by atoms with E-state index in [1.807, 2.05) is 91.9 Å². The summed E-state index contributed by atoms with van der Waals surface area (Å²) in [6.45, 7) is 4.03. The number of nitrogens with one attached hydrogen (secondary N) is 1. The van der Waals surface area contributed by atoms with Gasteiger partial charge < -0.3 is 5.32 Å². The van der Waals surface area contributed by atoms with E-state index in [4.69, 9.17) is 0 Å². The Morgan fingerprint density at radius 1 is 0.889 bits per heavy atom. The lowest BCUT2D eigenvalue weighted by Gasteiger charge is -2.20. The fourth-order valence-electron chi connectivity index (χ4n) is 4.34. The third kappa shape index (κ3) is 4.68. The number of aryl methyl sites for hydroxylation is 2. The second-order valence-electron chi connectivity index (χ2n) is 8.82. The van der Waals surface area contributed by atoms with Gasteiger partial charge in [0.05, 0.1) is 17.9 Å². The van der Waals surface area contributed by atoms with E-state index in [0.29, 0.717) is 16.9 Å². The lowest BCUT2D eigenvalue weighted by atomic mass is 9.98. The van der Waals surface area contributed by atoms with Gasteiger partial charge in [-0.05, 0) is 37.1 Å². The van der Waals surface area contributed by atoms with Crippen LogP contribution in [0.3, 0.4) is 0 Å². The number of hydrogen-bond donors (Lipinski definition) is 1. The molecule has 0 saturated heterocycles. The maximum atomic E-state index is 13.3. The van der Waals surface area contributed by atoms with E-state index >= 15 is 0 Å². The Balaban J connectivity index is 1.37. The third-order valence-corrected chi connectivity index (χ3v) is 6.29. The Kier molecular flexibility index (Phi) is 6.45. The van der Waals surface area contributed by atoms with Crippen molar-refractivity contribution >= 4 is 16.9 Å². The summed E-state index contributed by atoms with van der Waals surface area (Å²) >= 11 is 0. The van der Waals surface area contributed by atoms with E-state index < -0.39 is 0 Å². The Morgan fingerprint density at radius 2 is 1.50 bits per heavy atom. The Labute approximate surface area is 209 Å². The first-order valence-electron chi connectivity index (χ1n) is 11.9. The highest BCUT2D eigenvalue weighted by atomic mass is 16.2. The second kappa shape index (κ2) is 10.00. The molecule has 7 nitrogen and oxygen atoms in total. The maximum absolute atomic E-state index is 13.3. The van der Waals surface area contributed by atoms with E-state index in [1.165, 1.54) is 0 Å². The van der Waals surface area contributed by atoms with Gasteiger partial charge in [0.15, 0.2) is 5.65 Å². The Bertz CT molecular complexity index is 1520. The molecule has 1 amide bonds. The van der Waals surface area contributed by atoms with Gasteiger partial charge in [-0.1, -0.05) is 78.4 Å². The van der Waals surface area contributed by atoms with Gasteiger partial charge >= 0.3 is 0 Å². The smallest absolute Gasteiger partial charge is 0.264 e. The largest absolute Gasteiger partial charge is 0.345 e. The van der Waals surface area contributed by atoms with Crippen LogP contribution in [-0.2, 0) is 11.3 Å². The number of amides is 1. The average Bonchev–Trinajstić information content (AvgIpc) is 3.32. The van der Waals surface area contributed by atoms with Gasteiger partial charge in [-0.3, -0.25) is 14.2 Å². The van der Waals surface area contributed by atoms with E-state index in [9.17, 15) is 9.59 Å². The summed E-state index contributed by atoms with van der Waals surface area (Å²) in [5, 5.41) is 7.96. The highest BCUT2D eigenvalue weighted by molar-refractivity contribution is 5.77. The molecule has 2 heterocycles. The van der Waals surface area contributed by atoms with Gasteiger partial charge in [-0.2, -0.15) is 5.10 Å². The summed E-state index contributed by atoms with van der Waals surface area (Å²) < 4.78 is 3.22. The van der Waals surface area contributed by atoms with E-state index in [2.05, 4.69) is 15.4 Å². The van der Waals surface area contributed by atoms with Crippen LogP contribution in [-0.4, -0.2) is 25.2 Å². The van der Waals surface area contributed by atoms with Crippen molar-refractivity contribution in [2.24, 2.45) is 0 Å². The fourth-order valence-corrected chi connectivity index (χ4v) is 4.34. The lowest BCUT2D eigenvalue weighted by Crippen LogP contribution is -2.32. The van der Waals surface area contributed by atoms with Crippen molar-refractivity contribution in [3.63, 3.8) is 0 Å². The van der Waals surface area contributed by atoms with Crippen LogP contribution in [0, 0.1) is 13.8 Å². The first-order valence-corrected chi connectivity index (χ1v) is 11.9. The summed E-state index contributed by atoms with van der Waals surface area (Å²) in [5.41, 5.74) is 4.28. The lowest BCUT2D eigenvalue weighted by molar-refractivity contribution is -0.121. The van der Waals surface area contributed by atoms with Crippen LogP contribution in [0.15, 0.2) is 95.9 Å². The van der Waals surface area contributed by atoms with Crippen LogP contribution >= 0.6 is 0 Å². The van der Waals surface area contributed by atoms with Crippen molar-refractivity contribution < 1.29 is 4.79 Å². The fraction of sp³-hybridized carbons (Fsp3) is 0.172. The third-order valence-electron chi connectivity index (χ3n) is 6.29. The Hall–Kier alpha value is -4.52. The first-order chi connectivity index (χ1) is 17.5. The average molecular weight is 478 g/mol. The molecule has 5 rings (SSSR count). The molecule has 0 unspecified atom stereocenters. The van der Waals surface area contributed by atoms with Crippen LogP contribution in [0.4, 0.5) is 0 Å². The molecule has 0 aliphatic carbocycles. The molecule has 3 aromatic carbocycles. The van der Waals surface area contributed by atoms with Crippen molar-refractivity contribution in [1.29, 1.82) is 0 Å². The minimum absolute atomic E-state index is 0.144. The van der Waals surface area contributed by atoms with Crippen molar-refractivity contribution in [3.8, 4) is 5.69 Å². The molecular weight excluding hydrogens is 450 g/mol. The SMILES string of the molecule is Cc1ccc(-n2ncc3c(=O)n(CCC(=O)NC(c4ccccc4)c4ccccc4)c(C)nc32)cc1. The van der Waals surface area contributed by atoms with Gasteiger partial charge in [0.1, 0.15) is 11.2 Å². The number of nitrogens with zero attached hydrogens (tertiary/aromatic N) is 4. The molecule has 0 bridgehead atoms. The minimum atomic E-state index is -0.272. The number of benzene rings is 3. The van der Waals surface area contributed by atoms with E-state index in [-0.39, 0.29) is 30.5 Å². The summed E-state index contributed by atoms with van der Waals surface area (Å²) in [6, 6.07) is 27.3. The standard InChI is InChI=1S/C29H27N5O2/c1-20-13-15-24(16-14-20)34-28-25(19-30-34)29(36)33(21(2)31-28)18-17-26(35)32-27(22-9-5-3-6-10-22)23-11-7-4-8-12-23/h3-16,19,27H,17-18H2,1-2H3,(H,32,35). The summed E-state index contributed by atoms with van der Waals surface area (Å²) in [7, 11) is 0. The van der Waals surface area contributed by atoms with Gasteiger partial charge in [-0.25, -0.2) is 9.67 Å². The van der Waals surface area contributed by atoms with Crippen molar-refractivity contribution in [2.45, 2.75) is 32.9 Å². The van der Waals surface area contributed by atoms with Crippen LogP contribution in [0.5, 0.6) is 0 Å². The van der Waals surface area contributed by atoms with Gasteiger partial charge in [-0.15, -0.1) is 0 Å². The summed E-state index contributed by atoms with van der Waals surface area (Å²) in [4.78, 5) is 30.9. The maximum Gasteiger partial charge on any atom is 0.264 e. The number of hydrogen-bond acceptors (Lipinski definition) is 4. The minimum Gasteiger partial charge on any atom is -0.345 e. The summed E-state index contributed by atoms with van der Waals surface area (Å²) in [6.07, 6.45) is 1.69. The zero-order chi connectivity index (χ0) is 25.1. The molecule has 5 aromatic rings. The molecule has 1 N–H and O–H groups in total. The molecule has 0 spiro atoms. The normalized spacial score (nSPS) is 11.2. The molecule has 0 radical (unpaired) electrons. The topological polar surface area (TPSA) is 81.8 Å². The second-order valence-corrected chi connectivity index (χ2v) is 8.82. The zero-order valence-corrected chi connectivity index (χ0v) is 20.3. The van der Waals surface area contributed by atoms with Crippen LogP contribution < -0.4 is 10.9 Å². The quantitative estimate of drug-likeness (QED) is 0.374. The van der Waals surface area contributed by atoms with Crippen molar-refractivity contribution in [2.75, 3.05) is 0 Å². The highest BCUT2D eigenvalue weighted by Crippen LogP contribution is 2.22. The molecular formula is C29H27N5O2. The van der Waals surface area contributed by atoms with Crippen LogP contribution in [0.25, 0.3) is 16.7 Å². The van der Waals surface area contributed by atoms with E-state index in [1.54, 1.807) is 22.4 Å². The monoisotopic (exact) mass is 477 g/mol. The van der Waals surface area contributed by atoms with Crippen molar-refractivity contribution in [1.82, 2.24) is 24.6 Å². The van der Waals surface area contributed by atoms with Crippen molar-refractivity contribution in [3.05, 3.63) is 124 Å². The van der Waals surface area contributed by atoms with E-state index in [0.717, 1.165) is 22.4 Å². The molecule has 0 aliphatic rings. The molecule has 0 aliphatic heterocycles. The molecule has 2 aromatic heterocycles. The van der Waals surface area contributed by atoms with Gasteiger partial charge in [0.2, 0.25) is 5.91 Å². The van der Waals surface area contributed by atoms with Gasteiger partial charge in [0.25, 0.3) is 5.56 Å². The summed E-state index contributed by atoms with van der Waals surface area (Å²) in [5.74, 6) is 0.395. The molecule has 36 heavy (non-hydrogen) atoms. The Morgan fingerprint density at radius 3 is 2.11 bits per heavy atom. The first kappa shape index (κ1) is 23.2. The van der Waals surface area contributed by atoms with Crippen LogP contribution in [0.1, 0.15) is 35.0 Å². The number of carbonyl (C=O) groups excluding carboxylic acids is 1. The van der Waals surface area contributed by atoms with Gasteiger partial charge in [0, 0.05) is 13.0 Å². The highest BCUT2D eigenvalue weighted by Gasteiger charge is 2.18. The molecule has 0 fully saturated rings. The number of rotatable bonds is 7. The number of fused-ring (bicyclic) bond motifs is 1. The molecule has 0 saturated carbocycles. The predicted molar refractivity (Wildman–Crippen MR) is 140 cm³/mol. The molecule has 180 valence electrons.